The number of aromatic nitrogens is 2. The molecule has 3 rings (SSSR count). The first-order valence-electron chi connectivity index (χ1n) is 6.15. The quantitative estimate of drug-likeness (QED) is 0.693. The lowest BCUT2D eigenvalue weighted by Gasteiger charge is -2.02. The summed E-state index contributed by atoms with van der Waals surface area (Å²) in [4.78, 5) is 7.78. The van der Waals surface area contributed by atoms with E-state index in [-0.39, 0.29) is 5.82 Å². The summed E-state index contributed by atoms with van der Waals surface area (Å²) in [6.45, 7) is 2.05. The highest BCUT2D eigenvalue weighted by atomic mass is 35.5. The highest BCUT2D eigenvalue weighted by Gasteiger charge is 2.06. The first-order valence-corrected chi connectivity index (χ1v) is 7.51. The lowest BCUT2D eigenvalue weighted by Crippen LogP contribution is -1.85. The first kappa shape index (κ1) is 13.5. The largest absolute Gasteiger partial charge is 0.333 e. The number of aryl methyl sites for hydroxylation is 1. The molecule has 0 aliphatic rings. The van der Waals surface area contributed by atoms with Crippen LogP contribution in [0.15, 0.2) is 41.6 Å². The van der Waals surface area contributed by atoms with Crippen LogP contribution in [0.25, 0.3) is 11.0 Å². The molecule has 1 N–H and O–H groups in total. The Morgan fingerprint density at radius 3 is 2.90 bits per heavy atom. The number of fused-ring (bicyclic) bond motifs is 1. The third-order valence-corrected chi connectivity index (χ3v) is 4.27. The fourth-order valence-corrected chi connectivity index (χ4v) is 3.16. The Bertz CT molecular complexity index is 770. The zero-order valence-electron chi connectivity index (χ0n) is 10.8. The van der Waals surface area contributed by atoms with Crippen molar-refractivity contribution in [1.82, 2.24) is 9.97 Å². The molecule has 0 saturated heterocycles. The van der Waals surface area contributed by atoms with Crippen molar-refractivity contribution in [3.8, 4) is 0 Å². The van der Waals surface area contributed by atoms with E-state index in [0.29, 0.717) is 10.8 Å². The topological polar surface area (TPSA) is 28.7 Å². The summed E-state index contributed by atoms with van der Waals surface area (Å²) in [7, 11) is 0. The van der Waals surface area contributed by atoms with Crippen LogP contribution in [0.2, 0.25) is 5.02 Å². The predicted octanol–water partition coefficient (Wildman–Crippen LogP) is 4.96. The summed E-state index contributed by atoms with van der Waals surface area (Å²) in [5.41, 5.74) is 4.06. The molecule has 5 heteroatoms. The Balaban J connectivity index is 1.79. The maximum Gasteiger partial charge on any atom is 0.166 e. The molecule has 0 unspecified atom stereocenters. The van der Waals surface area contributed by atoms with Gasteiger partial charge < -0.3 is 4.98 Å². The number of halogens is 2. The van der Waals surface area contributed by atoms with E-state index in [0.717, 1.165) is 21.8 Å². The minimum Gasteiger partial charge on any atom is -0.333 e. The Hall–Kier alpha value is -1.52. The Labute approximate surface area is 125 Å². The molecule has 0 spiro atoms. The van der Waals surface area contributed by atoms with Gasteiger partial charge in [0.05, 0.1) is 11.0 Å². The van der Waals surface area contributed by atoms with Gasteiger partial charge in [-0.25, -0.2) is 9.37 Å². The zero-order chi connectivity index (χ0) is 14.1. The van der Waals surface area contributed by atoms with E-state index in [1.807, 2.05) is 19.1 Å². The molecular formula is C15H12ClFN2S. The van der Waals surface area contributed by atoms with Crippen molar-refractivity contribution in [1.29, 1.82) is 0 Å². The van der Waals surface area contributed by atoms with Crippen molar-refractivity contribution in [3.63, 3.8) is 0 Å². The molecule has 2 nitrogen and oxygen atoms in total. The number of imidazole rings is 1. The molecule has 0 aliphatic carbocycles. The number of nitrogens with zero attached hydrogens (tertiary/aromatic N) is 1. The summed E-state index contributed by atoms with van der Waals surface area (Å²) in [5.74, 6) is 0.334. The molecule has 0 saturated carbocycles. The summed E-state index contributed by atoms with van der Waals surface area (Å²) >= 11 is 7.56. The Morgan fingerprint density at radius 2 is 2.10 bits per heavy atom. The monoisotopic (exact) mass is 306 g/mol. The number of hydrogen-bond donors (Lipinski definition) is 1. The van der Waals surface area contributed by atoms with E-state index in [4.69, 9.17) is 11.6 Å². The highest BCUT2D eigenvalue weighted by molar-refractivity contribution is 7.98. The average Bonchev–Trinajstić information content (AvgIpc) is 2.79. The predicted molar refractivity (Wildman–Crippen MR) is 81.8 cm³/mol. The summed E-state index contributed by atoms with van der Waals surface area (Å²) in [6.07, 6.45) is 0. The maximum atomic E-state index is 13.0. The van der Waals surface area contributed by atoms with Crippen molar-refractivity contribution < 1.29 is 4.39 Å². The van der Waals surface area contributed by atoms with Crippen molar-refractivity contribution in [2.75, 3.05) is 0 Å². The minimum atomic E-state index is -0.317. The third-order valence-electron chi connectivity index (χ3n) is 3.00. The molecular weight excluding hydrogens is 295 g/mol. The van der Waals surface area contributed by atoms with Gasteiger partial charge in [0.1, 0.15) is 5.82 Å². The van der Waals surface area contributed by atoms with E-state index in [1.54, 1.807) is 17.8 Å². The number of rotatable bonds is 3. The van der Waals surface area contributed by atoms with Gasteiger partial charge in [0.25, 0.3) is 0 Å². The minimum absolute atomic E-state index is 0.317. The first-order chi connectivity index (χ1) is 9.61. The number of aromatic amines is 1. The molecule has 1 heterocycles. The van der Waals surface area contributed by atoms with E-state index >= 15 is 0 Å². The van der Waals surface area contributed by atoms with Gasteiger partial charge in [-0.1, -0.05) is 35.5 Å². The number of H-pyrrole nitrogens is 1. The van der Waals surface area contributed by atoms with Crippen molar-refractivity contribution in [2.24, 2.45) is 0 Å². The summed E-state index contributed by atoms with van der Waals surface area (Å²) in [5, 5.41) is 1.29. The number of thioether (sulfide) groups is 1. The molecule has 2 aromatic carbocycles. The Kier molecular flexibility index (Phi) is 3.68. The molecule has 102 valence electrons. The second-order valence-electron chi connectivity index (χ2n) is 4.59. The van der Waals surface area contributed by atoms with Crippen LogP contribution in [0.5, 0.6) is 0 Å². The van der Waals surface area contributed by atoms with Crippen LogP contribution < -0.4 is 0 Å². The van der Waals surface area contributed by atoms with Gasteiger partial charge in [-0.15, -0.1) is 0 Å². The van der Waals surface area contributed by atoms with Crippen molar-refractivity contribution >= 4 is 34.4 Å². The highest BCUT2D eigenvalue weighted by Crippen LogP contribution is 2.27. The van der Waals surface area contributed by atoms with Crippen LogP contribution in [0.1, 0.15) is 11.1 Å². The normalized spacial score (nSPS) is 11.2. The van der Waals surface area contributed by atoms with E-state index in [9.17, 15) is 4.39 Å². The van der Waals surface area contributed by atoms with Crippen LogP contribution in [-0.4, -0.2) is 9.97 Å². The SMILES string of the molecule is Cc1ccc2nc(SCc3ccc(F)cc3Cl)[nH]c2c1. The zero-order valence-corrected chi connectivity index (χ0v) is 12.4. The fourth-order valence-electron chi connectivity index (χ4n) is 1.95. The van der Waals surface area contributed by atoms with E-state index in [1.165, 1.54) is 17.7 Å². The van der Waals surface area contributed by atoms with Gasteiger partial charge in [-0.3, -0.25) is 0 Å². The van der Waals surface area contributed by atoms with Gasteiger partial charge in [0, 0.05) is 10.8 Å². The lowest BCUT2D eigenvalue weighted by molar-refractivity contribution is 0.627. The number of benzene rings is 2. The van der Waals surface area contributed by atoms with Crippen molar-refractivity contribution in [2.45, 2.75) is 17.8 Å². The smallest absolute Gasteiger partial charge is 0.166 e. The molecule has 0 bridgehead atoms. The molecule has 0 radical (unpaired) electrons. The van der Waals surface area contributed by atoms with Crippen LogP contribution in [0, 0.1) is 12.7 Å². The second-order valence-corrected chi connectivity index (χ2v) is 5.96. The van der Waals surface area contributed by atoms with E-state index < -0.39 is 0 Å². The molecule has 20 heavy (non-hydrogen) atoms. The van der Waals surface area contributed by atoms with Crippen LogP contribution >= 0.6 is 23.4 Å². The summed E-state index contributed by atoms with van der Waals surface area (Å²) in [6, 6.07) is 10.6. The van der Waals surface area contributed by atoms with Gasteiger partial charge in [0.15, 0.2) is 5.16 Å². The number of nitrogens with one attached hydrogen (secondary N) is 1. The van der Waals surface area contributed by atoms with Gasteiger partial charge in [0.2, 0.25) is 0 Å². The summed E-state index contributed by atoms with van der Waals surface area (Å²) < 4.78 is 13.0. The standard InChI is InChI=1S/C15H12ClFN2S/c1-9-2-5-13-14(6-9)19-15(18-13)20-8-10-3-4-11(17)7-12(10)16/h2-7H,8H2,1H3,(H,18,19). The van der Waals surface area contributed by atoms with Crippen LogP contribution in [-0.2, 0) is 5.75 Å². The fraction of sp³-hybridized carbons (Fsp3) is 0.133. The van der Waals surface area contributed by atoms with Crippen LogP contribution in [0.3, 0.4) is 0 Å². The van der Waals surface area contributed by atoms with Gasteiger partial charge >= 0.3 is 0 Å². The maximum absolute atomic E-state index is 13.0. The molecule has 3 aromatic rings. The number of hydrogen-bond acceptors (Lipinski definition) is 2. The van der Waals surface area contributed by atoms with E-state index in [2.05, 4.69) is 16.0 Å². The van der Waals surface area contributed by atoms with Gasteiger partial charge in [-0.2, -0.15) is 0 Å². The average molecular weight is 307 g/mol. The molecule has 0 aliphatic heterocycles. The molecule has 0 fully saturated rings. The van der Waals surface area contributed by atoms with Crippen LogP contribution in [0.4, 0.5) is 4.39 Å². The molecule has 0 amide bonds. The second kappa shape index (κ2) is 5.46. The van der Waals surface area contributed by atoms with Gasteiger partial charge in [-0.05, 0) is 42.3 Å². The third kappa shape index (κ3) is 2.81. The molecule has 0 atom stereocenters. The Morgan fingerprint density at radius 1 is 1.25 bits per heavy atom. The lowest BCUT2D eigenvalue weighted by atomic mass is 10.2. The molecule has 1 aromatic heterocycles. The van der Waals surface area contributed by atoms with Crippen molar-refractivity contribution in [3.05, 3.63) is 58.4 Å².